The summed E-state index contributed by atoms with van der Waals surface area (Å²) in [5, 5.41) is 0. The van der Waals surface area contributed by atoms with Gasteiger partial charge in [0.15, 0.2) is 0 Å². The molecule has 0 radical (unpaired) electrons. The molecule has 3 nitrogen and oxygen atoms in total. The second-order valence-electron chi connectivity index (χ2n) is 7.39. The normalized spacial score (nSPS) is 11.2. The van der Waals surface area contributed by atoms with Crippen molar-refractivity contribution in [3.63, 3.8) is 0 Å². The summed E-state index contributed by atoms with van der Waals surface area (Å²) < 4.78 is 11.6. The fourth-order valence-electron chi connectivity index (χ4n) is 3.23. The smallest absolute Gasteiger partial charge is 0.122 e. The first kappa shape index (κ1) is 20.0. The van der Waals surface area contributed by atoms with E-state index in [4.69, 9.17) is 15.2 Å². The van der Waals surface area contributed by atoms with Crippen LogP contribution in [0.5, 0.6) is 11.5 Å². The number of hydrogen-bond acceptors (Lipinski definition) is 3. The summed E-state index contributed by atoms with van der Waals surface area (Å²) in [5.74, 6) is 1.71. The lowest BCUT2D eigenvalue weighted by atomic mass is 9.78. The number of ether oxygens (including phenoxy) is 2. The second kappa shape index (κ2) is 9.43. The largest absolute Gasteiger partial charge is 0.490 e. The van der Waals surface area contributed by atoms with E-state index in [0.29, 0.717) is 19.8 Å². The molecular formula is C25H29NO2. The molecule has 0 unspecified atom stereocenters. The molecule has 0 aliphatic rings. The number of rotatable bonds is 9. The summed E-state index contributed by atoms with van der Waals surface area (Å²) >= 11 is 0. The molecule has 0 aliphatic heterocycles. The van der Waals surface area contributed by atoms with Crippen molar-refractivity contribution in [3.05, 3.63) is 95.6 Å². The van der Waals surface area contributed by atoms with E-state index in [0.717, 1.165) is 17.9 Å². The van der Waals surface area contributed by atoms with Crippen LogP contribution in [0.15, 0.2) is 78.9 Å². The molecule has 0 fully saturated rings. The van der Waals surface area contributed by atoms with Gasteiger partial charge in [-0.2, -0.15) is 0 Å². The Morgan fingerprint density at radius 3 is 1.71 bits per heavy atom. The second-order valence-corrected chi connectivity index (χ2v) is 7.39. The Morgan fingerprint density at radius 2 is 1.18 bits per heavy atom. The Labute approximate surface area is 168 Å². The van der Waals surface area contributed by atoms with Crippen LogP contribution in [0.1, 0.15) is 30.5 Å². The maximum absolute atomic E-state index is 5.82. The van der Waals surface area contributed by atoms with Crippen molar-refractivity contribution in [3.8, 4) is 11.5 Å². The van der Waals surface area contributed by atoms with Crippen LogP contribution < -0.4 is 15.2 Å². The monoisotopic (exact) mass is 375 g/mol. The van der Waals surface area contributed by atoms with Gasteiger partial charge in [-0.05, 0) is 53.9 Å². The first-order chi connectivity index (χ1) is 13.6. The van der Waals surface area contributed by atoms with Crippen molar-refractivity contribution in [1.82, 2.24) is 0 Å². The van der Waals surface area contributed by atoms with Gasteiger partial charge in [-0.15, -0.1) is 0 Å². The van der Waals surface area contributed by atoms with E-state index in [-0.39, 0.29) is 5.41 Å². The molecular weight excluding hydrogens is 346 g/mol. The highest BCUT2D eigenvalue weighted by Crippen LogP contribution is 2.32. The summed E-state index contributed by atoms with van der Waals surface area (Å²) in [5.41, 5.74) is 9.31. The Morgan fingerprint density at radius 1 is 0.679 bits per heavy atom. The van der Waals surface area contributed by atoms with Gasteiger partial charge in [-0.25, -0.2) is 0 Å². The molecule has 0 saturated carbocycles. The van der Waals surface area contributed by atoms with Gasteiger partial charge >= 0.3 is 0 Å². The molecule has 3 aromatic rings. The van der Waals surface area contributed by atoms with Crippen LogP contribution in [0, 0.1) is 0 Å². The first-order valence-corrected chi connectivity index (χ1v) is 9.80. The van der Waals surface area contributed by atoms with Crippen LogP contribution in [0.4, 0.5) is 0 Å². The number of benzene rings is 3. The van der Waals surface area contributed by atoms with Crippen molar-refractivity contribution in [2.45, 2.75) is 25.7 Å². The minimum Gasteiger partial charge on any atom is -0.490 e. The standard InChI is InChI=1S/C25H29NO2/c1-25(2,21-6-4-3-5-7-21)22-10-14-24(15-11-22)28-19-18-27-23-12-8-20(9-13-23)16-17-26/h3-15H,16-19,26H2,1-2H3. The zero-order chi connectivity index (χ0) is 19.8. The van der Waals surface area contributed by atoms with E-state index in [2.05, 4.69) is 62.4 Å². The molecule has 28 heavy (non-hydrogen) atoms. The molecule has 0 aromatic heterocycles. The average Bonchev–Trinajstić information content (AvgIpc) is 2.73. The summed E-state index contributed by atoms with van der Waals surface area (Å²) in [7, 11) is 0. The van der Waals surface area contributed by atoms with E-state index < -0.39 is 0 Å². The molecule has 2 N–H and O–H groups in total. The van der Waals surface area contributed by atoms with E-state index in [9.17, 15) is 0 Å². The van der Waals surface area contributed by atoms with Gasteiger partial charge in [0.1, 0.15) is 24.7 Å². The van der Waals surface area contributed by atoms with Crippen LogP contribution in [0.3, 0.4) is 0 Å². The highest BCUT2D eigenvalue weighted by atomic mass is 16.5. The molecule has 0 amide bonds. The molecule has 0 atom stereocenters. The Hall–Kier alpha value is -2.78. The van der Waals surface area contributed by atoms with Crippen molar-refractivity contribution in [2.75, 3.05) is 19.8 Å². The lowest BCUT2D eigenvalue weighted by Gasteiger charge is -2.26. The third-order valence-electron chi connectivity index (χ3n) is 5.05. The lowest BCUT2D eigenvalue weighted by Crippen LogP contribution is -2.18. The highest BCUT2D eigenvalue weighted by molar-refractivity contribution is 5.39. The summed E-state index contributed by atoms with van der Waals surface area (Å²) in [4.78, 5) is 0. The van der Waals surface area contributed by atoms with Crippen molar-refractivity contribution < 1.29 is 9.47 Å². The maximum atomic E-state index is 5.82. The van der Waals surface area contributed by atoms with Crippen LogP contribution in [0.25, 0.3) is 0 Å². The quantitative estimate of drug-likeness (QED) is 0.537. The predicted molar refractivity (Wildman–Crippen MR) is 115 cm³/mol. The molecule has 3 heteroatoms. The Balaban J connectivity index is 1.49. The van der Waals surface area contributed by atoms with Gasteiger partial charge in [0.2, 0.25) is 0 Å². The van der Waals surface area contributed by atoms with Crippen LogP contribution in [-0.4, -0.2) is 19.8 Å². The van der Waals surface area contributed by atoms with Gasteiger partial charge in [-0.1, -0.05) is 68.4 Å². The fraction of sp³-hybridized carbons (Fsp3) is 0.280. The van der Waals surface area contributed by atoms with E-state index in [1.54, 1.807) is 0 Å². The SMILES string of the molecule is CC(C)(c1ccccc1)c1ccc(OCCOc2ccc(CCN)cc2)cc1. The number of nitrogens with two attached hydrogens (primary N) is 1. The van der Waals surface area contributed by atoms with Crippen LogP contribution in [-0.2, 0) is 11.8 Å². The summed E-state index contributed by atoms with van der Waals surface area (Å²) in [6.07, 6.45) is 0.889. The highest BCUT2D eigenvalue weighted by Gasteiger charge is 2.22. The Bertz CT molecular complexity index is 840. The molecule has 0 spiro atoms. The van der Waals surface area contributed by atoms with Gasteiger partial charge < -0.3 is 15.2 Å². The van der Waals surface area contributed by atoms with Crippen LogP contribution >= 0.6 is 0 Å². The topological polar surface area (TPSA) is 44.5 Å². The lowest BCUT2D eigenvalue weighted by molar-refractivity contribution is 0.217. The molecule has 146 valence electrons. The molecule has 0 saturated heterocycles. The molecule has 3 rings (SSSR count). The fourth-order valence-corrected chi connectivity index (χ4v) is 3.23. The van der Waals surface area contributed by atoms with Crippen molar-refractivity contribution >= 4 is 0 Å². The van der Waals surface area contributed by atoms with Gasteiger partial charge in [0, 0.05) is 5.41 Å². The van der Waals surface area contributed by atoms with E-state index >= 15 is 0 Å². The summed E-state index contributed by atoms with van der Waals surface area (Å²) in [6, 6.07) is 27.0. The average molecular weight is 376 g/mol. The zero-order valence-electron chi connectivity index (χ0n) is 16.7. The minimum atomic E-state index is -0.0427. The summed E-state index contributed by atoms with van der Waals surface area (Å²) in [6.45, 7) is 6.16. The van der Waals surface area contributed by atoms with Gasteiger partial charge in [-0.3, -0.25) is 0 Å². The molecule has 0 heterocycles. The van der Waals surface area contributed by atoms with E-state index in [1.165, 1.54) is 16.7 Å². The third kappa shape index (κ3) is 5.14. The van der Waals surface area contributed by atoms with Crippen molar-refractivity contribution in [1.29, 1.82) is 0 Å². The Kier molecular flexibility index (Phi) is 6.72. The van der Waals surface area contributed by atoms with E-state index in [1.807, 2.05) is 30.3 Å². The van der Waals surface area contributed by atoms with Gasteiger partial charge in [0.05, 0.1) is 0 Å². The third-order valence-corrected chi connectivity index (χ3v) is 5.05. The maximum Gasteiger partial charge on any atom is 0.122 e. The molecule has 0 aliphatic carbocycles. The molecule has 3 aromatic carbocycles. The first-order valence-electron chi connectivity index (χ1n) is 9.80. The minimum absolute atomic E-state index is 0.0427. The predicted octanol–water partition coefficient (Wildman–Crippen LogP) is 4.97. The van der Waals surface area contributed by atoms with Crippen molar-refractivity contribution in [2.24, 2.45) is 5.73 Å². The zero-order valence-corrected chi connectivity index (χ0v) is 16.7. The van der Waals surface area contributed by atoms with Crippen LogP contribution in [0.2, 0.25) is 0 Å². The van der Waals surface area contributed by atoms with Gasteiger partial charge in [0.25, 0.3) is 0 Å². The molecule has 0 bridgehead atoms. The number of hydrogen-bond donors (Lipinski definition) is 1.